The Balaban J connectivity index is 1.39. The molecule has 3 aromatic rings. The number of amides is 1. The summed E-state index contributed by atoms with van der Waals surface area (Å²) in [5, 5.41) is 0.671. The number of carbonyl (C=O) groups excluding carboxylic acids is 1. The summed E-state index contributed by atoms with van der Waals surface area (Å²) in [4.78, 5) is 36.3. The maximum absolute atomic E-state index is 12.7. The normalized spacial score (nSPS) is 16.5. The van der Waals surface area contributed by atoms with Crippen LogP contribution >= 0.6 is 11.3 Å². The molecule has 0 spiro atoms. The number of nitrogens with one attached hydrogen (secondary N) is 1. The van der Waals surface area contributed by atoms with Crippen molar-refractivity contribution in [3.63, 3.8) is 0 Å². The van der Waals surface area contributed by atoms with Crippen molar-refractivity contribution in [1.29, 1.82) is 0 Å². The smallest absolute Gasteiger partial charge is 0.259 e. The van der Waals surface area contributed by atoms with E-state index in [0.29, 0.717) is 30.0 Å². The predicted molar refractivity (Wildman–Crippen MR) is 115 cm³/mol. The number of hydrogen-bond acceptors (Lipinski definition) is 5. The molecule has 1 aromatic carbocycles. The van der Waals surface area contributed by atoms with E-state index in [2.05, 4.69) is 22.1 Å². The fourth-order valence-corrected chi connectivity index (χ4v) is 4.98. The van der Waals surface area contributed by atoms with Gasteiger partial charge in [-0.1, -0.05) is 12.1 Å². The molecular weight excluding hydrogens is 386 g/mol. The molecule has 0 saturated carbocycles. The van der Waals surface area contributed by atoms with Gasteiger partial charge in [-0.25, -0.2) is 4.98 Å². The summed E-state index contributed by atoms with van der Waals surface area (Å²) in [6.45, 7) is 5.44. The molecule has 1 atom stereocenters. The van der Waals surface area contributed by atoms with Gasteiger partial charge in [-0.15, -0.1) is 11.3 Å². The molecule has 1 aliphatic heterocycles. The van der Waals surface area contributed by atoms with Gasteiger partial charge in [-0.3, -0.25) is 9.59 Å². The Morgan fingerprint density at radius 3 is 2.79 bits per heavy atom. The highest BCUT2D eigenvalue weighted by Gasteiger charge is 2.27. The van der Waals surface area contributed by atoms with E-state index in [4.69, 9.17) is 4.74 Å². The van der Waals surface area contributed by atoms with Crippen LogP contribution in [0.2, 0.25) is 0 Å². The SMILES string of the molecule is COc1ccc(C2CCN(C(=O)CCc3nc4sc(C)c(C)c4c(=O)[nH]3)C2)cc1. The van der Waals surface area contributed by atoms with Crippen LogP contribution in [0.4, 0.5) is 0 Å². The first-order valence-corrected chi connectivity index (χ1v) is 10.7. The van der Waals surface area contributed by atoms with E-state index in [-0.39, 0.29) is 11.5 Å². The lowest BCUT2D eigenvalue weighted by molar-refractivity contribution is -0.130. The van der Waals surface area contributed by atoms with Crippen molar-refractivity contribution in [1.82, 2.24) is 14.9 Å². The number of methoxy groups -OCH3 is 1. The third kappa shape index (κ3) is 3.92. The first kappa shape index (κ1) is 19.6. The molecule has 1 fully saturated rings. The zero-order chi connectivity index (χ0) is 20.5. The number of carbonyl (C=O) groups is 1. The van der Waals surface area contributed by atoms with Gasteiger partial charge in [0.1, 0.15) is 16.4 Å². The molecule has 1 aliphatic rings. The number of likely N-dealkylation sites (tertiary alicyclic amines) is 1. The number of nitrogens with zero attached hydrogens (tertiary/aromatic N) is 2. The minimum atomic E-state index is -0.111. The Bertz CT molecular complexity index is 1100. The maximum Gasteiger partial charge on any atom is 0.259 e. The highest BCUT2D eigenvalue weighted by atomic mass is 32.1. The number of hydrogen-bond donors (Lipinski definition) is 1. The number of H-pyrrole nitrogens is 1. The Kier molecular flexibility index (Phi) is 5.41. The first-order valence-electron chi connectivity index (χ1n) is 9.87. The topological polar surface area (TPSA) is 75.3 Å². The monoisotopic (exact) mass is 411 g/mol. The van der Waals surface area contributed by atoms with Gasteiger partial charge in [0.25, 0.3) is 5.56 Å². The minimum Gasteiger partial charge on any atom is -0.497 e. The third-order valence-electron chi connectivity index (χ3n) is 5.79. The summed E-state index contributed by atoms with van der Waals surface area (Å²) in [6, 6.07) is 8.08. The second kappa shape index (κ2) is 7.99. The standard InChI is InChI=1S/C22H25N3O3S/c1-13-14(2)29-22-20(13)21(27)23-18(24-22)8-9-19(26)25-11-10-16(12-25)15-4-6-17(28-3)7-5-15/h4-7,16H,8-12H2,1-3H3,(H,23,24,27). The van der Waals surface area contributed by atoms with Crippen LogP contribution in [-0.4, -0.2) is 41.0 Å². The van der Waals surface area contributed by atoms with Crippen LogP contribution < -0.4 is 10.3 Å². The van der Waals surface area contributed by atoms with Crippen molar-refractivity contribution in [2.75, 3.05) is 20.2 Å². The molecule has 0 radical (unpaired) electrons. The molecule has 7 heteroatoms. The largest absolute Gasteiger partial charge is 0.497 e. The number of aromatic amines is 1. The van der Waals surface area contributed by atoms with Gasteiger partial charge in [0.2, 0.25) is 5.91 Å². The molecule has 0 aliphatic carbocycles. The van der Waals surface area contributed by atoms with Gasteiger partial charge in [0.15, 0.2) is 0 Å². The summed E-state index contributed by atoms with van der Waals surface area (Å²) < 4.78 is 5.21. The molecule has 6 nitrogen and oxygen atoms in total. The van der Waals surface area contributed by atoms with Crippen molar-refractivity contribution in [2.45, 2.75) is 39.0 Å². The van der Waals surface area contributed by atoms with Crippen LogP contribution in [0, 0.1) is 13.8 Å². The van der Waals surface area contributed by atoms with Crippen molar-refractivity contribution in [3.05, 3.63) is 56.4 Å². The molecule has 1 saturated heterocycles. The van der Waals surface area contributed by atoms with Gasteiger partial charge in [0.05, 0.1) is 12.5 Å². The van der Waals surface area contributed by atoms with Crippen LogP contribution in [0.1, 0.15) is 40.6 Å². The van der Waals surface area contributed by atoms with Crippen LogP contribution in [0.3, 0.4) is 0 Å². The second-order valence-electron chi connectivity index (χ2n) is 7.57. The van der Waals surface area contributed by atoms with Crippen molar-refractivity contribution >= 4 is 27.5 Å². The van der Waals surface area contributed by atoms with Crippen LogP contribution in [0.25, 0.3) is 10.2 Å². The molecule has 1 N–H and O–H groups in total. The number of fused-ring (bicyclic) bond motifs is 1. The average molecular weight is 412 g/mol. The van der Waals surface area contributed by atoms with Gasteiger partial charge in [-0.05, 0) is 43.5 Å². The number of aryl methyl sites for hydroxylation is 3. The quantitative estimate of drug-likeness (QED) is 0.697. The number of benzene rings is 1. The zero-order valence-electron chi connectivity index (χ0n) is 16.9. The maximum atomic E-state index is 12.7. The van der Waals surface area contributed by atoms with Gasteiger partial charge in [-0.2, -0.15) is 0 Å². The summed E-state index contributed by atoms with van der Waals surface area (Å²) in [5.74, 6) is 1.90. The van der Waals surface area contributed by atoms with Gasteiger partial charge in [0, 0.05) is 36.7 Å². The predicted octanol–water partition coefficient (Wildman–Crippen LogP) is 3.56. The number of ether oxygens (including phenoxy) is 1. The van der Waals surface area contributed by atoms with Crippen molar-refractivity contribution < 1.29 is 9.53 Å². The second-order valence-corrected chi connectivity index (χ2v) is 8.78. The summed E-state index contributed by atoms with van der Waals surface area (Å²) >= 11 is 1.53. The van der Waals surface area contributed by atoms with E-state index in [1.165, 1.54) is 16.9 Å². The number of aromatic nitrogens is 2. The molecule has 0 bridgehead atoms. The van der Waals surface area contributed by atoms with Crippen molar-refractivity contribution in [3.8, 4) is 5.75 Å². The first-order chi connectivity index (χ1) is 14.0. The molecule has 4 rings (SSSR count). The van der Waals surface area contributed by atoms with Gasteiger partial charge < -0.3 is 14.6 Å². The van der Waals surface area contributed by atoms with E-state index in [0.717, 1.165) is 40.5 Å². The Hall–Kier alpha value is -2.67. The lowest BCUT2D eigenvalue weighted by Crippen LogP contribution is -2.29. The summed E-state index contributed by atoms with van der Waals surface area (Å²) in [6.07, 6.45) is 1.77. The Morgan fingerprint density at radius 2 is 2.07 bits per heavy atom. The third-order valence-corrected chi connectivity index (χ3v) is 6.89. The fourth-order valence-electron chi connectivity index (χ4n) is 3.94. The average Bonchev–Trinajstić information content (AvgIpc) is 3.32. The fraction of sp³-hybridized carbons (Fsp3) is 0.409. The molecular formula is C22H25N3O3S. The molecule has 2 aromatic heterocycles. The van der Waals surface area contributed by atoms with Crippen molar-refractivity contribution in [2.24, 2.45) is 0 Å². The Morgan fingerprint density at radius 1 is 1.31 bits per heavy atom. The minimum absolute atomic E-state index is 0.111. The molecule has 29 heavy (non-hydrogen) atoms. The van der Waals surface area contributed by atoms with E-state index in [1.807, 2.05) is 30.9 Å². The van der Waals surface area contributed by atoms with Crippen LogP contribution in [0.15, 0.2) is 29.1 Å². The number of thiophene rings is 1. The zero-order valence-corrected chi connectivity index (χ0v) is 17.8. The van der Waals surface area contributed by atoms with Crippen LogP contribution in [-0.2, 0) is 11.2 Å². The Labute approximate surface area is 173 Å². The summed E-state index contributed by atoms with van der Waals surface area (Å²) in [7, 11) is 1.66. The van der Waals surface area contributed by atoms with E-state index in [9.17, 15) is 9.59 Å². The summed E-state index contributed by atoms with van der Waals surface area (Å²) in [5.41, 5.74) is 2.11. The molecule has 152 valence electrons. The number of rotatable bonds is 5. The molecule has 1 amide bonds. The highest BCUT2D eigenvalue weighted by molar-refractivity contribution is 7.18. The van der Waals surface area contributed by atoms with E-state index in [1.54, 1.807) is 7.11 Å². The van der Waals surface area contributed by atoms with Crippen LogP contribution in [0.5, 0.6) is 5.75 Å². The van der Waals surface area contributed by atoms with E-state index < -0.39 is 0 Å². The van der Waals surface area contributed by atoms with Gasteiger partial charge >= 0.3 is 0 Å². The molecule has 1 unspecified atom stereocenters. The molecule has 3 heterocycles. The lowest BCUT2D eigenvalue weighted by Gasteiger charge is -2.17. The van der Waals surface area contributed by atoms with E-state index >= 15 is 0 Å². The lowest BCUT2D eigenvalue weighted by atomic mass is 9.98. The highest BCUT2D eigenvalue weighted by Crippen LogP contribution is 2.29.